The number of urea groups is 1. The maximum absolute atomic E-state index is 12.1. The van der Waals surface area contributed by atoms with Gasteiger partial charge in [-0.05, 0) is 43.9 Å². The van der Waals surface area contributed by atoms with Crippen LogP contribution in [0.15, 0.2) is 18.2 Å². The quantitative estimate of drug-likeness (QED) is 0.551. The van der Waals surface area contributed by atoms with Crippen LogP contribution in [0.25, 0.3) is 0 Å². The van der Waals surface area contributed by atoms with Crippen LogP contribution in [0.5, 0.6) is 0 Å². The number of nitrogens with one attached hydrogen (secondary N) is 4. The van der Waals surface area contributed by atoms with Gasteiger partial charge in [0.15, 0.2) is 0 Å². The predicted molar refractivity (Wildman–Crippen MR) is 107 cm³/mol. The zero-order valence-electron chi connectivity index (χ0n) is 16.2. The Morgan fingerprint density at radius 3 is 2.37 bits per heavy atom. The number of benzene rings is 1. The molecule has 0 heterocycles. The molecule has 1 aromatic rings. The first-order valence-corrected chi connectivity index (χ1v) is 9.67. The van der Waals surface area contributed by atoms with E-state index >= 15 is 0 Å². The first kappa shape index (κ1) is 20.7. The Bertz CT molecular complexity index is 669. The highest BCUT2D eigenvalue weighted by Gasteiger charge is 2.15. The van der Waals surface area contributed by atoms with E-state index in [0.29, 0.717) is 30.8 Å². The molecule has 7 nitrogen and oxygen atoms in total. The standard InChI is InChI=1S/C20H30N4O3/c1-14-17(22-15(2)25)10-6-11-18(14)24-19(26)12-7-13-21-20(27)23-16-8-4-3-5-9-16/h6,10-11,16H,3-5,7-9,12-13H2,1-2H3,(H,22,25)(H,24,26)(H2,21,23,27). The summed E-state index contributed by atoms with van der Waals surface area (Å²) in [5.41, 5.74) is 2.17. The molecule has 0 saturated heterocycles. The van der Waals surface area contributed by atoms with Crippen molar-refractivity contribution < 1.29 is 14.4 Å². The normalized spacial score (nSPS) is 14.3. The molecule has 0 atom stereocenters. The van der Waals surface area contributed by atoms with Gasteiger partial charge in [0.05, 0.1) is 0 Å². The molecule has 2 rings (SSSR count). The van der Waals surface area contributed by atoms with E-state index in [0.717, 1.165) is 18.4 Å². The van der Waals surface area contributed by atoms with Crippen molar-refractivity contribution in [2.24, 2.45) is 0 Å². The zero-order chi connectivity index (χ0) is 19.6. The Balaban J connectivity index is 1.69. The maximum atomic E-state index is 12.1. The summed E-state index contributed by atoms with van der Waals surface area (Å²) in [7, 11) is 0. The van der Waals surface area contributed by atoms with Gasteiger partial charge in [-0.1, -0.05) is 25.3 Å². The summed E-state index contributed by atoms with van der Waals surface area (Å²) in [5, 5.41) is 11.4. The van der Waals surface area contributed by atoms with Gasteiger partial charge in [0.25, 0.3) is 0 Å². The molecular weight excluding hydrogens is 344 g/mol. The Hall–Kier alpha value is -2.57. The Kier molecular flexibility index (Phi) is 8.10. The SMILES string of the molecule is CC(=O)Nc1cccc(NC(=O)CCCNC(=O)NC2CCCCC2)c1C. The van der Waals surface area contributed by atoms with Gasteiger partial charge in [0, 0.05) is 37.3 Å². The van der Waals surface area contributed by atoms with Crippen molar-refractivity contribution in [3.63, 3.8) is 0 Å². The lowest BCUT2D eigenvalue weighted by atomic mass is 9.96. The minimum absolute atomic E-state index is 0.118. The van der Waals surface area contributed by atoms with E-state index in [4.69, 9.17) is 0 Å². The van der Waals surface area contributed by atoms with Crippen LogP contribution in [0.4, 0.5) is 16.2 Å². The minimum atomic E-state index is -0.154. The van der Waals surface area contributed by atoms with Crippen molar-refractivity contribution >= 4 is 29.2 Å². The van der Waals surface area contributed by atoms with Crippen LogP contribution < -0.4 is 21.3 Å². The van der Waals surface area contributed by atoms with Gasteiger partial charge in [-0.15, -0.1) is 0 Å². The molecule has 1 aliphatic carbocycles. The fourth-order valence-corrected chi connectivity index (χ4v) is 3.24. The monoisotopic (exact) mass is 374 g/mol. The third kappa shape index (κ3) is 7.29. The number of carbonyl (C=O) groups excluding carboxylic acids is 3. The zero-order valence-corrected chi connectivity index (χ0v) is 16.2. The van der Waals surface area contributed by atoms with Crippen LogP contribution in [0.3, 0.4) is 0 Å². The summed E-state index contributed by atoms with van der Waals surface area (Å²) >= 11 is 0. The van der Waals surface area contributed by atoms with E-state index in [1.807, 2.05) is 6.92 Å². The fourth-order valence-electron chi connectivity index (χ4n) is 3.24. The van der Waals surface area contributed by atoms with E-state index in [1.165, 1.54) is 26.2 Å². The van der Waals surface area contributed by atoms with Crippen molar-refractivity contribution in [1.29, 1.82) is 0 Å². The molecule has 0 aromatic heterocycles. The number of rotatable bonds is 7. The van der Waals surface area contributed by atoms with Crippen molar-refractivity contribution in [2.45, 2.75) is 64.8 Å². The number of hydrogen-bond donors (Lipinski definition) is 4. The molecule has 0 unspecified atom stereocenters. The highest BCUT2D eigenvalue weighted by atomic mass is 16.2. The van der Waals surface area contributed by atoms with Crippen molar-refractivity contribution in [3.8, 4) is 0 Å². The second-order valence-corrected chi connectivity index (χ2v) is 7.05. The van der Waals surface area contributed by atoms with Crippen LogP contribution in [0.2, 0.25) is 0 Å². The van der Waals surface area contributed by atoms with Gasteiger partial charge >= 0.3 is 6.03 Å². The van der Waals surface area contributed by atoms with Gasteiger partial charge in [0.2, 0.25) is 11.8 Å². The predicted octanol–water partition coefficient (Wildman–Crippen LogP) is 3.30. The molecular formula is C20H30N4O3. The van der Waals surface area contributed by atoms with Crippen LogP contribution in [-0.2, 0) is 9.59 Å². The number of carbonyl (C=O) groups is 3. The lowest BCUT2D eigenvalue weighted by molar-refractivity contribution is -0.116. The summed E-state index contributed by atoms with van der Waals surface area (Å²) < 4.78 is 0. The van der Waals surface area contributed by atoms with E-state index in [-0.39, 0.29) is 23.9 Å². The second-order valence-electron chi connectivity index (χ2n) is 7.05. The average Bonchev–Trinajstić information content (AvgIpc) is 2.63. The topological polar surface area (TPSA) is 99.3 Å². The van der Waals surface area contributed by atoms with Crippen molar-refractivity contribution in [3.05, 3.63) is 23.8 Å². The van der Waals surface area contributed by atoms with Crippen LogP contribution in [0, 0.1) is 6.92 Å². The first-order chi connectivity index (χ1) is 13.0. The van der Waals surface area contributed by atoms with Gasteiger partial charge in [0.1, 0.15) is 0 Å². The van der Waals surface area contributed by atoms with Crippen molar-refractivity contribution in [2.75, 3.05) is 17.2 Å². The smallest absolute Gasteiger partial charge is 0.315 e. The molecule has 7 heteroatoms. The number of hydrogen-bond acceptors (Lipinski definition) is 3. The maximum Gasteiger partial charge on any atom is 0.315 e. The molecule has 1 saturated carbocycles. The molecule has 27 heavy (non-hydrogen) atoms. The number of anilines is 2. The van der Waals surface area contributed by atoms with Gasteiger partial charge in [-0.2, -0.15) is 0 Å². The lowest BCUT2D eigenvalue weighted by Crippen LogP contribution is -2.43. The summed E-state index contributed by atoms with van der Waals surface area (Å²) in [6.45, 7) is 3.75. The summed E-state index contributed by atoms with van der Waals surface area (Å²) in [4.78, 5) is 35.2. The fraction of sp³-hybridized carbons (Fsp3) is 0.550. The highest BCUT2D eigenvalue weighted by Crippen LogP contribution is 2.23. The summed E-state index contributed by atoms with van der Waals surface area (Å²) in [6, 6.07) is 5.50. The summed E-state index contributed by atoms with van der Waals surface area (Å²) in [5.74, 6) is -0.272. The van der Waals surface area contributed by atoms with Gasteiger partial charge in [-0.3, -0.25) is 9.59 Å². The Morgan fingerprint density at radius 1 is 1.04 bits per heavy atom. The van der Waals surface area contributed by atoms with Crippen molar-refractivity contribution in [1.82, 2.24) is 10.6 Å². The summed E-state index contributed by atoms with van der Waals surface area (Å²) in [6.07, 6.45) is 6.57. The molecule has 0 bridgehead atoms. The molecule has 1 aromatic carbocycles. The third-order valence-electron chi connectivity index (χ3n) is 4.73. The molecule has 0 spiro atoms. The third-order valence-corrected chi connectivity index (χ3v) is 4.73. The van der Waals surface area contributed by atoms with E-state index in [1.54, 1.807) is 18.2 Å². The van der Waals surface area contributed by atoms with Crippen LogP contribution >= 0.6 is 0 Å². The molecule has 4 N–H and O–H groups in total. The lowest BCUT2D eigenvalue weighted by Gasteiger charge is -2.22. The second kappa shape index (κ2) is 10.5. The molecule has 0 radical (unpaired) electrons. The molecule has 1 fully saturated rings. The van der Waals surface area contributed by atoms with E-state index < -0.39 is 0 Å². The van der Waals surface area contributed by atoms with Crippen LogP contribution in [0.1, 0.15) is 57.4 Å². The molecule has 148 valence electrons. The van der Waals surface area contributed by atoms with Gasteiger partial charge in [-0.25, -0.2) is 4.79 Å². The van der Waals surface area contributed by atoms with E-state index in [9.17, 15) is 14.4 Å². The largest absolute Gasteiger partial charge is 0.338 e. The molecule has 0 aliphatic heterocycles. The first-order valence-electron chi connectivity index (χ1n) is 9.67. The minimum Gasteiger partial charge on any atom is -0.338 e. The Labute approximate surface area is 160 Å². The number of amides is 4. The average molecular weight is 374 g/mol. The Morgan fingerprint density at radius 2 is 1.70 bits per heavy atom. The molecule has 4 amide bonds. The van der Waals surface area contributed by atoms with Crippen LogP contribution in [-0.4, -0.2) is 30.4 Å². The highest BCUT2D eigenvalue weighted by molar-refractivity contribution is 5.95. The van der Waals surface area contributed by atoms with E-state index in [2.05, 4.69) is 21.3 Å². The molecule has 1 aliphatic rings. The van der Waals surface area contributed by atoms with Gasteiger partial charge < -0.3 is 21.3 Å².